The van der Waals surface area contributed by atoms with E-state index < -0.39 is 22.9 Å². The van der Waals surface area contributed by atoms with Crippen molar-refractivity contribution in [3.63, 3.8) is 0 Å². The molecular formula is C7H4BrClF2N2O2. The zero-order valence-electron chi connectivity index (χ0n) is 7.08. The molecule has 0 radical (unpaired) electrons. The molecule has 0 unspecified atom stereocenters. The Labute approximate surface area is 96.5 Å². The van der Waals surface area contributed by atoms with Crippen molar-refractivity contribution in [2.24, 2.45) is 0 Å². The van der Waals surface area contributed by atoms with Crippen LogP contribution in [0.1, 0.15) is 17.7 Å². The van der Waals surface area contributed by atoms with Gasteiger partial charge in [-0.1, -0.05) is 27.5 Å². The zero-order chi connectivity index (χ0) is 11.6. The molecule has 0 saturated heterocycles. The fraction of sp³-hybridized carbons (Fsp3) is 0.286. The van der Waals surface area contributed by atoms with Gasteiger partial charge in [0, 0.05) is 11.4 Å². The first-order chi connectivity index (χ1) is 6.97. The predicted molar refractivity (Wildman–Crippen MR) is 53.5 cm³/mol. The first-order valence-corrected chi connectivity index (χ1v) is 5.15. The summed E-state index contributed by atoms with van der Waals surface area (Å²) in [5.41, 5.74) is -0.609. The Balaban J connectivity index is 3.38. The number of alkyl halides is 3. The maximum atomic E-state index is 12.3. The Morgan fingerprint density at radius 2 is 2.27 bits per heavy atom. The van der Waals surface area contributed by atoms with Crippen LogP contribution in [0.25, 0.3) is 0 Å². The van der Waals surface area contributed by atoms with Gasteiger partial charge in [-0.25, -0.2) is 8.78 Å². The average molecular weight is 301 g/mol. The molecule has 1 aromatic rings. The zero-order valence-corrected chi connectivity index (χ0v) is 9.43. The highest BCUT2D eigenvalue weighted by atomic mass is 79.9. The van der Waals surface area contributed by atoms with Crippen molar-refractivity contribution in [3.05, 3.63) is 32.5 Å². The van der Waals surface area contributed by atoms with Gasteiger partial charge in [-0.3, -0.25) is 0 Å². The lowest BCUT2D eigenvalue weighted by molar-refractivity contribution is -0.390. The van der Waals surface area contributed by atoms with Crippen molar-refractivity contribution in [1.29, 1.82) is 0 Å². The fourth-order valence-electron chi connectivity index (χ4n) is 0.932. The molecule has 1 aromatic heterocycles. The topological polar surface area (TPSA) is 56.0 Å². The molecule has 0 fully saturated rings. The second kappa shape index (κ2) is 4.80. The van der Waals surface area contributed by atoms with E-state index in [1.165, 1.54) is 0 Å². The largest absolute Gasteiger partial charge is 0.369 e. The highest BCUT2D eigenvalue weighted by Gasteiger charge is 2.25. The average Bonchev–Trinajstić information content (AvgIpc) is 2.16. The maximum absolute atomic E-state index is 12.3. The molecule has 0 amide bonds. The number of halogens is 4. The van der Waals surface area contributed by atoms with Crippen LogP contribution >= 0.6 is 27.5 Å². The number of nitrogens with zero attached hydrogens (tertiary/aromatic N) is 2. The van der Waals surface area contributed by atoms with Crippen LogP contribution in [0.4, 0.5) is 14.6 Å². The SMILES string of the molecule is O=[N+]([O-])c1nc(C(F)F)cc(Cl)c1CBr. The van der Waals surface area contributed by atoms with E-state index in [9.17, 15) is 18.9 Å². The molecule has 1 heterocycles. The Morgan fingerprint density at radius 3 is 2.67 bits per heavy atom. The molecule has 0 atom stereocenters. The van der Waals surface area contributed by atoms with E-state index in [1.807, 2.05) is 0 Å². The number of aromatic nitrogens is 1. The van der Waals surface area contributed by atoms with E-state index in [-0.39, 0.29) is 15.9 Å². The third-order valence-corrected chi connectivity index (χ3v) is 2.50. The Morgan fingerprint density at radius 1 is 1.67 bits per heavy atom. The smallest absolute Gasteiger partial charge is 0.358 e. The summed E-state index contributed by atoms with van der Waals surface area (Å²) in [6.45, 7) is 0. The number of hydrogen-bond acceptors (Lipinski definition) is 3. The number of pyridine rings is 1. The van der Waals surface area contributed by atoms with Gasteiger partial charge in [0.05, 0.1) is 10.6 Å². The standard InChI is InChI=1S/C7H4BrClF2N2O2/c8-2-3-4(9)1-5(6(10)11)12-7(3)13(14)15/h1,6H,2H2. The molecule has 0 bridgehead atoms. The number of rotatable bonds is 3. The Kier molecular flexibility index (Phi) is 3.92. The molecule has 0 aliphatic carbocycles. The van der Waals surface area contributed by atoms with Gasteiger partial charge in [0.25, 0.3) is 0 Å². The van der Waals surface area contributed by atoms with E-state index in [2.05, 4.69) is 20.9 Å². The fourth-order valence-corrected chi connectivity index (χ4v) is 1.91. The normalized spacial score (nSPS) is 10.7. The molecule has 0 spiro atoms. The van der Waals surface area contributed by atoms with Crippen LogP contribution in [0, 0.1) is 10.1 Å². The third kappa shape index (κ3) is 2.60. The lowest BCUT2D eigenvalue weighted by Crippen LogP contribution is -2.01. The molecule has 0 aromatic carbocycles. The summed E-state index contributed by atoms with van der Waals surface area (Å²) in [6, 6.07) is 0.926. The lowest BCUT2D eigenvalue weighted by atomic mass is 10.2. The van der Waals surface area contributed by atoms with Crippen molar-refractivity contribution in [2.45, 2.75) is 11.8 Å². The maximum Gasteiger partial charge on any atom is 0.369 e. The summed E-state index contributed by atoms with van der Waals surface area (Å²) in [5, 5.41) is 10.5. The van der Waals surface area contributed by atoms with Crippen molar-refractivity contribution in [1.82, 2.24) is 4.98 Å². The summed E-state index contributed by atoms with van der Waals surface area (Å²) in [4.78, 5) is 12.9. The molecule has 0 aliphatic heterocycles. The van der Waals surface area contributed by atoms with Crippen LogP contribution in [0.15, 0.2) is 6.07 Å². The molecule has 0 N–H and O–H groups in total. The highest BCUT2D eigenvalue weighted by molar-refractivity contribution is 9.08. The predicted octanol–water partition coefficient (Wildman–Crippen LogP) is 3.48. The van der Waals surface area contributed by atoms with Gasteiger partial charge in [0.1, 0.15) is 0 Å². The van der Waals surface area contributed by atoms with E-state index >= 15 is 0 Å². The van der Waals surface area contributed by atoms with Gasteiger partial charge < -0.3 is 10.1 Å². The third-order valence-electron chi connectivity index (χ3n) is 1.60. The second-order valence-electron chi connectivity index (χ2n) is 2.52. The molecule has 0 saturated carbocycles. The van der Waals surface area contributed by atoms with Crippen molar-refractivity contribution >= 4 is 33.3 Å². The minimum Gasteiger partial charge on any atom is -0.358 e. The molecule has 82 valence electrons. The first kappa shape index (κ1) is 12.3. The number of hydrogen-bond donors (Lipinski definition) is 0. The molecular weight excluding hydrogens is 297 g/mol. The summed E-state index contributed by atoms with van der Waals surface area (Å²) in [7, 11) is 0. The van der Waals surface area contributed by atoms with Gasteiger partial charge in [-0.2, -0.15) is 0 Å². The van der Waals surface area contributed by atoms with Gasteiger partial charge in [0.15, 0.2) is 0 Å². The summed E-state index contributed by atoms with van der Waals surface area (Å²) < 4.78 is 24.5. The molecule has 15 heavy (non-hydrogen) atoms. The van der Waals surface area contributed by atoms with Crippen LogP contribution in [0.2, 0.25) is 5.02 Å². The van der Waals surface area contributed by atoms with Gasteiger partial charge in [-0.15, -0.1) is 0 Å². The van der Waals surface area contributed by atoms with Crippen LogP contribution < -0.4 is 0 Å². The van der Waals surface area contributed by atoms with Crippen LogP contribution in [-0.2, 0) is 5.33 Å². The van der Waals surface area contributed by atoms with E-state index in [4.69, 9.17) is 11.6 Å². The Bertz CT molecular complexity index is 403. The number of nitro groups is 1. The van der Waals surface area contributed by atoms with Crippen molar-refractivity contribution in [3.8, 4) is 0 Å². The summed E-state index contributed by atoms with van der Waals surface area (Å²) in [5.74, 6) is -0.644. The molecule has 8 heteroatoms. The van der Waals surface area contributed by atoms with Crippen LogP contribution in [-0.4, -0.2) is 9.91 Å². The minimum absolute atomic E-state index is 0.0820. The first-order valence-electron chi connectivity index (χ1n) is 3.65. The van der Waals surface area contributed by atoms with Gasteiger partial charge in [-0.05, 0) is 9.91 Å². The lowest BCUT2D eigenvalue weighted by Gasteiger charge is -2.03. The van der Waals surface area contributed by atoms with Crippen molar-refractivity contribution < 1.29 is 13.7 Å². The second-order valence-corrected chi connectivity index (χ2v) is 3.49. The highest BCUT2D eigenvalue weighted by Crippen LogP contribution is 2.30. The monoisotopic (exact) mass is 300 g/mol. The van der Waals surface area contributed by atoms with Crippen LogP contribution in [0.5, 0.6) is 0 Å². The Hall–Kier alpha value is -0.820. The summed E-state index contributed by atoms with van der Waals surface area (Å²) in [6.07, 6.45) is -2.88. The van der Waals surface area contributed by atoms with E-state index in [1.54, 1.807) is 0 Å². The quantitative estimate of drug-likeness (QED) is 0.488. The minimum atomic E-state index is -2.88. The van der Waals surface area contributed by atoms with Crippen LogP contribution in [0.3, 0.4) is 0 Å². The molecule has 4 nitrogen and oxygen atoms in total. The van der Waals surface area contributed by atoms with E-state index in [0.29, 0.717) is 0 Å². The van der Waals surface area contributed by atoms with Gasteiger partial charge >= 0.3 is 12.2 Å². The summed E-state index contributed by atoms with van der Waals surface area (Å²) >= 11 is 8.59. The van der Waals surface area contributed by atoms with Crippen molar-refractivity contribution in [2.75, 3.05) is 0 Å². The molecule has 0 aliphatic rings. The van der Waals surface area contributed by atoms with E-state index in [0.717, 1.165) is 6.07 Å². The van der Waals surface area contributed by atoms with Gasteiger partial charge in [0.2, 0.25) is 5.69 Å². The molecule has 1 rings (SSSR count).